The predicted molar refractivity (Wildman–Crippen MR) is 119 cm³/mol. The van der Waals surface area contributed by atoms with Gasteiger partial charge in [0.05, 0.1) is 5.56 Å². The van der Waals surface area contributed by atoms with Crippen molar-refractivity contribution in [1.29, 1.82) is 5.26 Å². The summed E-state index contributed by atoms with van der Waals surface area (Å²) in [5.41, 5.74) is 0.937. The van der Waals surface area contributed by atoms with Gasteiger partial charge in [0.1, 0.15) is 6.33 Å². The second kappa shape index (κ2) is 9.97. The second-order valence-electron chi connectivity index (χ2n) is 8.03. The van der Waals surface area contributed by atoms with Crippen molar-refractivity contribution in [2.45, 2.75) is 38.1 Å². The molecule has 4 rings (SSSR count). The molecule has 1 heterocycles. The van der Waals surface area contributed by atoms with Crippen LogP contribution in [0.1, 0.15) is 39.9 Å². The highest BCUT2D eigenvalue weighted by Gasteiger charge is 2.33. The number of benzene rings is 2. The lowest BCUT2D eigenvalue weighted by atomic mass is 10.1. The highest BCUT2D eigenvalue weighted by Crippen LogP contribution is 2.35. The van der Waals surface area contributed by atoms with E-state index >= 15 is 4.39 Å². The molecule has 35 heavy (non-hydrogen) atoms. The van der Waals surface area contributed by atoms with Crippen LogP contribution in [0, 0.1) is 17.3 Å². The Hall–Kier alpha value is -4.20. The van der Waals surface area contributed by atoms with Crippen LogP contribution in [0.25, 0.3) is 0 Å². The van der Waals surface area contributed by atoms with Crippen LogP contribution in [0.2, 0.25) is 0 Å². The van der Waals surface area contributed by atoms with Crippen molar-refractivity contribution in [1.82, 2.24) is 15.3 Å². The van der Waals surface area contributed by atoms with Gasteiger partial charge in [0.15, 0.2) is 17.8 Å². The Morgan fingerprint density at radius 3 is 2.31 bits per heavy atom. The molecule has 0 atom stereocenters. The maximum atomic E-state index is 15.3. The van der Waals surface area contributed by atoms with E-state index in [2.05, 4.69) is 15.3 Å². The van der Waals surface area contributed by atoms with Gasteiger partial charge in [0.25, 0.3) is 5.91 Å². The third kappa shape index (κ3) is 5.84. The molecule has 1 aliphatic rings. The second-order valence-corrected chi connectivity index (χ2v) is 8.03. The normalized spacial score (nSPS) is 13.1. The van der Waals surface area contributed by atoms with Crippen molar-refractivity contribution in [2.75, 3.05) is 10.2 Å². The summed E-state index contributed by atoms with van der Waals surface area (Å²) in [6.07, 6.45) is 0.0457. The molecule has 0 aliphatic heterocycles. The van der Waals surface area contributed by atoms with Gasteiger partial charge >= 0.3 is 6.18 Å². The summed E-state index contributed by atoms with van der Waals surface area (Å²) in [4.78, 5) is 21.5. The molecule has 2 aromatic carbocycles. The number of anilines is 2. The van der Waals surface area contributed by atoms with Gasteiger partial charge in [-0.05, 0) is 48.2 Å². The minimum Gasteiger partial charge on any atom is -0.363 e. The maximum Gasteiger partial charge on any atom is 0.416 e. The number of nitrogens with zero attached hydrogens (tertiary/aromatic N) is 4. The largest absolute Gasteiger partial charge is 0.416 e. The Labute approximate surface area is 198 Å². The summed E-state index contributed by atoms with van der Waals surface area (Å²) < 4.78 is 53.9. The van der Waals surface area contributed by atoms with Gasteiger partial charge in [-0.25, -0.2) is 9.97 Å². The summed E-state index contributed by atoms with van der Waals surface area (Å²) in [6.45, 7) is 0.429. The number of nitriles is 1. The lowest BCUT2D eigenvalue weighted by Crippen LogP contribution is -2.27. The number of halogens is 4. The van der Waals surface area contributed by atoms with Crippen LogP contribution in [0.5, 0.6) is 0 Å². The van der Waals surface area contributed by atoms with Crippen molar-refractivity contribution < 1.29 is 22.4 Å². The molecule has 1 fully saturated rings. The fourth-order valence-corrected chi connectivity index (χ4v) is 3.53. The number of alkyl halides is 3. The number of hydrogen-bond donors (Lipinski definition) is 2. The number of amides is 1. The Bertz CT molecular complexity index is 1230. The SMILES string of the molecule is N#CNC(=O)c1ccc(CNc2ncnc(N(Cc3ccc(C(F)(F)F)cc3)C3CC3)c2F)cc1. The lowest BCUT2D eigenvalue weighted by molar-refractivity contribution is -0.137. The van der Waals surface area contributed by atoms with E-state index in [4.69, 9.17) is 5.26 Å². The van der Waals surface area contributed by atoms with Crippen LogP contribution >= 0.6 is 0 Å². The van der Waals surface area contributed by atoms with Gasteiger partial charge < -0.3 is 10.2 Å². The molecule has 0 spiro atoms. The zero-order valence-electron chi connectivity index (χ0n) is 18.3. The molecule has 0 saturated heterocycles. The molecule has 2 N–H and O–H groups in total. The lowest BCUT2D eigenvalue weighted by Gasteiger charge is -2.24. The first kappa shape index (κ1) is 23.9. The van der Waals surface area contributed by atoms with Gasteiger partial charge in [-0.2, -0.15) is 22.8 Å². The van der Waals surface area contributed by atoms with E-state index in [1.807, 2.05) is 5.32 Å². The number of aromatic nitrogens is 2. The molecule has 1 saturated carbocycles. The Balaban J connectivity index is 1.47. The smallest absolute Gasteiger partial charge is 0.363 e. The fraction of sp³-hybridized carbons (Fsp3) is 0.250. The van der Waals surface area contributed by atoms with Crippen LogP contribution in [0.15, 0.2) is 54.9 Å². The van der Waals surface area contributed by atoms with E-state index in [9.17, 15) is 18.0 Å². The standard InChI is InChI=1S/C24H20F4N6O/c25-20-21(30-11-15-1-5-17(6-2-15)23(35)31-13-29)32-14-33-22(20)34(19-9-10-19)12-16-3-7-18(8-4-16)24(26,27)28/h1-8,14,19H,9-12H2,(H,31,35)(H,30,32,33). The minimum atomic E-state index is -4.42. The zero-order valence-corrected chi connectivity index (χ0v) is 18.3. The highest BCUT2D eigenvalue weighted by atomic mass is 19.4. The highest BCUT2D eigenvalue weighted by molar-refractivity contribution is 5.95. The number of nitrogens with one attached hydrogen (secondary N) is 2. The average molecular weight is 484 g/mol. The van der Waals surface area contributed by atoms with Gasteiger partial charge in [-0.1, -0.05) is 24.3 Å². The zero-order chi connectivity index (χ0) is 25.0. The molecule has 0 radical (unpaired) electrons. The van der Waals surface area contributed by atoms with E-state index in [1.165, 1.54) is 18.5 Å². The van der Waals surface area contributed by atoms with Crippen molar-refractivity contribution in [3.63, 3.8) is 0 Å². The minimum absolute atomic E-state index is 0.0145. The predicted octanol–water partition coefficient (Wildman–Crippen LogP) is 4.63. The molecular weight excluding hydrogens is 464 g/mol. The average Bonchev–Trinajstić information content (AvgIpc) is 3.68. The maximum absolute atomic E-state index is 15.3. The molecular formula is C24H20F4N6O. The summed E-state index contributed by atoms with van der Waals surface area (Å²) in [7, 11) is 0. The van der Waals surface area contributed by atoms with Crippen molar-refractivity contribution >= 4 is 17.5 Å². The van der Waals surface area contributed by atoms with Gasteiger partial charge in [0, 0.05) is 24.7 Å². The van der Waals surface area contributed by atoms with Crippen molar-refractivity contribution in [2.24, 2.45) is 0 Å². The quantitative estimate of drug-likeness (QED) is 0.275. The first-order valence-corrected chi connectivity index (χ1v) is 10.7. The van der Waals surface area contributed by atoms with E-state index < -0.39 is 23.5 Å². The third-order valence-electron chi connectivity index (χ3n) is 5.51. The summed E-state index contributed by atoms with van der Waals surface area (Å²) >= 11 is 0. The van der Waals surface area contributed by atoms with Crippen LogP contribution in [0.4, 0.5) is 29.2 Å². The van der Waals surface area contributed by atoms with E-state index in [0.717, 1.165) is 30.5 Å². The topological polar surface area (TPSA) is 93.9 Å². The summed E-state index contributed by atoms with van der Waals surface area (Å²) in [5, 5.41) is 13.5. The summed E-state index contributed by atoms with van der Waals surface area (Å²) in [6, 6.07) is 11.3. The summed E-state index contributed by atoms with van der Waals surface area (Å²) in [5.74, 6) is -1.11. The van der Waals surface area contributed by atoms with Crippen molar-refractivity contribution in [3.05, 3.63) is 82.9 Å². The van der Waals surface area contributed by atoms with Crippen LogP contribution in [0.3, 0.4) is 0 Å². The Morgan fingerprint density at radius 1 is 1.06 bits per heavy atom. The third-order valence-corrected chi connectivity index (χ3v) is 5.51. The molecule has 1 aromatic heterocycles. The van der Waals surface area contributed by atoms with Crippen molar-refractivity contribution in [3.8, 4) is 6.19 Å². The monoisotopic (exact) mass is 484 g/mol. The van der Waals surface area contributed by atoms with Crippen LogP contribution < -0.4 is 15.5 Å². The number of rotatable bonds is 8. The molecule has 7 nitrogen and oxygen atoms in total. The van der Waals surface area contributed by atoms with Gasteiger partial charge in [-0.15, -0.1) is 0 Å². The molecule has 3 aromatic rings. The molecule has 1 amide bonds. The van der Waals surface area contributed by atoms with E-state index in [0.29, 0.717) is 11.1 Å². The van der Waals surface area contributed by atoms with Gasteiger partial charge in [0.2, 0.25) is 5.82 Å². The molecule has 180 valence electrons. The van der Waals surface area contributed by atoms with Crippen LogP contribution in [-0.2, 0) is 19.3 Å². The number of hydrogen-bond acceptors (Lipinski definition) is 6. The molecule has 1 aliphatic carbocycles. The first-order valence-electron chi connectivity index (χ1n) is 10.7. The molecule has 0 bridgehead atoms. The first-order chi connectivity index (χ1) is 16.8. The Kier molecular flexibility index (Phi) is 6.82. The molecule has 11 heteroatoms. The number of carbonyl (C=O) groups is 1. The van der Waals surface area contributed by atoms with E-state index in [-0.39, 0.29) is 30.8 Å². The Morgan fingerprint density at radius 2 is 1.71 bits per heavy atom. The van der Waals surface area contributed by atoms with E-state index in [1.54, 1.807) is 35.4 Å². The molecule has 0 unspecified atom stereocenters. The fourth-order valence-electron chi connectivity index (χ4n) is 3.53. The number of carbonyl (C=O) groups excluding carboxylic acids is 1. The van der Waals surface area contributed by atoms with Gasteiger partial charge in [-0.3, -0.25) is 10.1 Å². The van der Waals surface area contributed by atoms with Crippen LogP contribution in [-0.4, -0.2) is 21.9 Å².